The second-order valence-electron chi connectivity index (χ2n) is 9.48. The van der Waals surface area contributed by atoms with Gasteiger partial charge < -0.3 is 20.1 Å². The highest BCUT2D eigenvalue weighted by Gasteiger charge is 2.16. The van der Waals surface area contributed by atoms with Crippen LogP contribution in [0.3, 0.4) is 0 Å². The molecule has 0 unspecified atom stereocenters. The number of hydrogen-bond donors (Lipinski definition) is 2. The van der Waals surface area contributed by atoms with Crippen LogP contribution < -0.4 is 10.1 Å². The van der Waals surface area contributed by atoms with Gasteiger partial charge in [-0.15, -0.1) is 16.4 Å². The third-order valence-electron chi connectivity index (χ3n) is 6.61. The van der Waals surface area contributed by atoms with Crippen molar-refractivity contribution in [3.63, 3.8) is 0 Å². The number of anilines is 1. The monoisotopic (exact) mass is 538 g/mol. The average Bonchev–Trinajstić information content (AvgIpc) is 3.45. The molecule has 0 aliphatic heterocycles. The van der Waals surface area contributed by atoms with Crippen LogP contribution in [-0.4, -0.2) is 33.3 Å². The third kappa shape index (κ3) is 6.02. The van der Waals surface area contributed by atoms with Crippen LogP contribution in [0, 0.1) is 6.92 Å². The number of benzene rings is 3. The molecule has 8 heteroatoms. The molecule has 2 N–H and O–H groups in total. The molecule has 0 spiro atoms. The standard InChI is InChI=1S/C31H30N4O3S/c1-20-25-14-13-24(38-19-22-9-5-4-6-10-22)17-27(25)30(34-33-20)32-21(2)28-15-16-29(39-28)26-12-8-7-11-23(26)18-35(3)31(36)37/h4-17,21H,18-19H2,1-3H3,(H,32,34)(H,36,37)/t21-/m1/s1. The minimum absolute atomic E-state index is 0.0216. The van der Waals surface area contributed by atoms with Gasteiger partial charge in [0.25, 0.3) is 0 Å². The molecule has 7 nitrogen and oxygen atoms in total. The van der Waals surface area contributed by atoms with E-state index < -0.39 is 6.09 Å². The predicted octanol–water partition coefficient (Wildman–Crippen LogP) is 7.53. The molecular formula is C31H30N4O3S. The Hall–Kier alpha value is -4.43. The van der Waals surface area contributed by atoms with E-state index in [0.717, 1.165) is 48.7 Å². The van der Waals surface area contributed by atoms with Gasteiger partial charge in [-0.3, -0.25) is 0 Å². The number of nitrogens with zero attached hydrogens (tertiary/aromatic N) is 3. The number of carboxylic acid groups (broad SMARTS) is 1. The first-order valence-corrected chi connectivity index (χ1v) is 13.5. The molecule has 2 heterocycles. The first-order chi connectivity index (χ1) is 18.9. The number of aryl methyl sites for hydroxylation is 1. The van der Waals surface area contributed by atoms with Crippen LogP contribution in [0.25, 0.3) is 21.2 Å². The summed E-state index contributed by atoms with van der Waals surface area (Å²) in [5.74, 6) is 1.47. The molecule has 0 bridgehead atoms. The largest absolute Gasteiger partial charge is 0.489 e. The molecule has 0 radical (unpaired) electrons. The summed E-state index contributed by atoms with van der Waals surface area (Å²) in [6, 6.07) is 28.2. The average molecular weight is 539 g/mol. The van der Waals surface area contributed by atoms with Crippen LogP contribution in [0.5, 0.6) is 5.75 Å². The molecule has 1 atom stereocenters. The topological polar surface area (TPSA) is 87.6 Å². The molecule has 198 valence electrons. The van der Waals surface area contributed by atoms with Gasteiger partial charge in [0.1, 0.15) is 12.4 Å². The lowest BCUT2D eigenvalue weighted by Crippen LogP contribution is -2.24. The number of thiophene rings is 1. The van der Waals surface area contributed by atoms with Crippen molar-refractivity contribution in [1.29, 1.82) is 0 Å². The van der Waals surface area contributed by atoms with Gasteiger partial charge in [-0.2, -0.15) is 5.10 Å². The van der Waals surface area contributed by atoms with Crippen LogP contribution in [0.1, 0.15) is 34.7 Å². The lowest BCUT2D eigenvalue weighted by molar-refractivity contribution is 0.154. The summed E-state index contributed by atoms with van der Waals surface area (Å²) < 4.78 is 6.08. The van der Waals surface area contributed by atoms with Crippen molar-refractivity contribution in [2.75, 3.05) is 12.4 Å². The second kappa shape index (κ2) is 11.5. The Morgan fingerprint density at radius 3 is 2.56 bits per heavy atom. The zero-order valence-electron chi connectivity index (χ0n) is 22.1. The SMILES string of the molecule is Cc1nnc(N[C@H](C)c2ccc(-c3ccccc3CN(C)C(=O)O)s2)c2cc(OCc3ccccc3)ccc12. The van der Waals surface area contributed by atoms with Crippen LogP contribution in [-0.2, 0) is 13.2 Å². The smallest absolute Gasteiger partial charge is 0.407 e. The maximum Gasteiger partial charge on any atom is 0.407 e. The third-order valence-corrected chi connectivity index (χ3v) is 7.91. The quantitative estimate of drug-likeness (QED) is 0.202. The first-order valence-electron chi connectivity index (χ1n) is 12.7. The molecule has 0 aliphatic carbocycles. The number of aromatic nitrogens is 2. The molecule has 3 aromatic carbocycles. The Morgan fingerprint density at radius 2 is 1.77 bits per heavy atom. The Bertz CT molecular complexity index is 1600. The summed E-state index contributed by atoms with van der Waals surface area (Å²) in [5, 5.41) is 23.7. The molecular weight excluding hydrogens is 508 g/mol. The Morgan fingerprint density at radius 1 is 1.00 bits per heavy atom. The summed E-state index contributed by atoms with van der Waals surface area (Å²) >= 11 is 1.68. The van der Waals surface area contributed by atoms with E-state index in [1.165, 1.54) is 4.90 Å². The van der Waals surface area contributed by atoms with Crippen molar-refractivity contribution < 1.29 is 14.6 Å². The highest BCUT2D eigenvalue weighted by atomic mass is 32.1. The summed E-state index contributed by atoms with van der Waals surface area (Å²) in [5.41, 5.74) is 3.97. The van der Waals surface area contributed by atoms with Crippen molar-refractivity contribution in [2.45, 2.75) is 33.0 Å². The van der Waals surface area contributed by atoms with Crippen LogP contribution in [0.2, 0.25) is 0 Å². The van der Waals surface area contributed by atoms with E-state index in [9.17, 15) is 9.90 Å². The lowest BCUT2D eigenvalue weighted by Gasteiger charge is -2.16. The Balaban J connectivity index is 1.37. The van der Waals surface area contributed by atoms with E-state index in [1.807, 2.05) is 79.7 Å². The normalized spacial score (nSPS) is 11.8. The van der Waals surface area contributed by atoms with E-state index in [1.54, 1.807) is 18.4 Å². The maximum atomic E-state index is 11.4. The summed E-state index contributed by atoms with van der Waals surface area (Å²) in [7, 11) is 1.58. The van der Waals surface area contributed by atoms with E-state index in [4.69, 9.17) is 4.74 Å². The van der Waals surface area contributed by atoms with Crippen molar-refractivity contribution >= 4 is 34.0 Å². The number of hydrogen-bond acceptors (Lipinski definition) is 6. The molecule has 0 saturated heterocycles. The Labute approximate surface area is 231 Å². The van der Waals surface area contributed by atoms with E-state index >= 15 is 0 Å². The van der Waals surface area contributed by atoms with Gasteiger partial charge in [-0.05, 0) is 60.9 Å². The fraction of sp³-hybridized carbons (Fsp3) is 0.194. The Kier molecular flexibility index (Phi) is 7.74. The molecule has 0 fully saturated rings. The summed E-state index contributed by atoms with van der Waals surface area (Å²) in [6.07, 6.45) is -0.949. The molecule has 1 amide bonds. The van der Waals surface area contributed by atoms with Crippen LogP contribution >= 0.6 is 11.3 Å². The van der Waals surface area contributed by atoms with Gasteiger partial charge in [0.05, 0.1) is 11.7 Å². The maximum absolute atomic E-state index is 11.4. The van der Waals surface area contributed by atoms with Gasteiger partial charge >= 0.3 is 6.09 Å². The van der Waals surface area contributed by atoms with Gasteiger partial charge in [-0.1, -0.05) is 54.6 Å². The number of fused-ring (bicyclic) bond motifs is 1. The fourth-order valence-electron chi connectivity index (χ4n) is 4.43. The minimum Gasteiger partial charge on any atom is -0.489 e. The van der Waals surface area contributed by atoms with Crippen molar-refractivity contribution in [2.24, 2.45) is 0 Å². The first kappa shape index (κ1) is 26.2. The molecule has 39 heavy (non-hydrogen) atoms. The van der Waals surface area contributed by atoms with Gasteiger partial charge in [0.2, 0.25) is 0 Å². The molecule has 2 aromatic heterocycles. The van der Waals surface area contributed by atoms with Gasteiger partial charge in [-0.25, -0.2) is 4.79 Å². The minimum atomic E-state index is -0.949. The lowest BCUT2D eigenvalue weighted by atomic mass is 10.1. The number of nitrogens with one attached hydrogen (secondary N) is 1. The van der Waals surface area contributed by atoms with E-state index in [2.05, 4.69) is 34.6 Å². The second-order valence-corrected chi connectivity index (χ2v) is 10.6. The van der Waals surface area contributed by atoms with Crippen molar-refractivity contribution in [1.82, 2.24) is 15.1 Å². The zero-order valence-corrected chi connectivity index (χ0v) is 22.9. The fourth-order valence-corrected chi connectivity index (χ4v) is 5.50. The van der Waals surface area contributed by atoms with Crippen molar-refractivity contribution in [3.05, 3.63) is 107 Å². The molecule has 5 aromatic rings. The highest BCUT2D eigenvalue weighted by molar-refractivity contribution is 7.15. The van der Waals surface area contributed by atoms with E-state index in [0.29, 0.717) is 19.0 Å². The number of ether oxygens (including phenoxy) is 1. The number of rotatable bonds is 9. The highest BCUT2D eigenvalue weighted by Crippen LogP contribution is 2.36. The predicted molar refractivity (Wildman–Crippen MR) is 156 cm³/mol. The van der Waals surface area contributed by atoms with Crippen LogP contribution in [0.4, 0.5) is 10.6 Å². The number of amides is 1. The summed E-state index contributed by atoms with van der Waals surface area (Å²) in [6.45, 7) is 4.87. The summed E-state index contributed by atoms with van der Waals surface area (Å²) in [4.78, 5) is 14.9. The number of carbonyl (C=O) groups is 1. The van der Waals surface area contributed by atoms with Gasteiger partial charge in [0.15, 0.2) is 5.82 Å². The van der Waals surface area contributed by atoms with E-state index in [-0.39, 0.29) is 6.04 Å². The van der Waals surface area contributed by atoms with Crippen LogP contribution in [0.15, 0.2) is 84.9 Å². The van der Waals surface area contributed by atoms with Crippen molar-refractivity contribution in [3.8, 4) is 16.2 Å². The zero-order chi connectivity index (χ0) is 27.4. The van der Waals surface area contributed by atoms with Gasteiger partial charge in [0, 0.05) is 34.1 Å². The molecule has 5 rings (SSSR count). The molecule has 0 saturated carbocycles. The molecule has 0 aliphatic rings.